The Morgan fingerprint density at radius 2 is 2.14 bits per heavy atom. The van der Waals surface area contributed by atoms with Crippen LogP contribution in [0.15, 0.2) is 24.3 Å². The molecule has 5 heteroatoms. The fraction of sp³-hybridized carbons (Fsp3) is 0.500. The van der Waals surface area contributed by atoms with Gasteiger partial charge in [0, 0.05) is 30.1 Å². The zero-order valence-corrected chi connectivity index (χ0v) is 12.6. The van der Waals surface area contributed by atoms with Crippen molar-refractivity contribution in [2.24, 2.45) is 11.7 Å². The summed E-state index contributed by atoms with van der Waals surface area (Å²) in [5.74, 6) is -0.205. The van der Waals surface area contributed by atoms with E-state index in [4.69, 9.17) is 5.73 Å². The van der Waals surface area contributed by atoms with E-state index in [0.29, 0.717) is 25.8 Å². The number of amides is 2. The Bertz CT molecular complexity index is 540. The van der Waals surface area contributed by atoms with Crippen molar-refractivity contribution in [1.82, 2.24) is 5.32 Å². The maximum atomic E-state index is 12.0. The molecule has 0 spiro atoms. The molecule has 1 aromatic carbocycles. The summed E-state index contributed by atoms with van der Waals surface area (Å²) in [7, 11) is 0. The molecule has 5 nitrogen and oxygen atoms in total. The number of anilines is 1. The van der Waals surface area contributed by atoms with E-state index in [2.05, 4.69) is 10.6 Å². The molecule has 0 saturated carbocycles. The number of benzene rings is 1. The van der Waals surface area contributed by atoms with Crippen molar-refractivity contribution < 1.29 is 9.59 Å². The van der Waals surface area contributed by atoms with Gasteiger partial charge in [-0.15, -0.1) is 0 Å². The van der Waals surface area contributed by atoms with Crippen LogP contribution in [0.2, 0.25) is 0 Å². The summed E-state index contributed by atoms with van der Waals surface area (Å²) in [6.45, 7) is 4.15. The highest BCUT2D eigenvalue weighted by atomic mass is 16.2. The SMILES string of the molecule is CC(C)(CN)NC(=O)CCC1Cc2ccccc2NC1=O. The minimum atomic E-state index is -0.404. The fourth-order valence-corrected chi connectivity index (χ4v) is 2.44. The lowest BCUT2D eigenvalue weighted by Crippen LogP contribution is -2.49. The van der Waals surface area contributed by atoms with Crippen LogP contribution in [-0.2, 0) is 16.0 Å². The average Bonchev–Trinajstić information content (AvgIpc) is 2.44. The van der Waals surface area contributed by atoms with Crippen molar-refractivity contribution in [1.29, 1.82) is 0 Å². The molecule has 0 bridgehead atoms. The van der Waals surface area contributed by atoms with Crippen molar-refractivity contribution >= 4 is 17.5 Å². The molecule has 114 valence electrons. The number of hydrogen-bond donors (Lipinski definition) is 3. The van der Waals surface area contributed by atoms with Crippen LogP contribution >= 0.6 is 0 Å². The lowest BCUT2D eigenvalue weighted by atomic mass is 9.89. The first-order valence-electron chi connectivity index (χ1n) is 7.31. The van der Waals surface area contributed by atoms with E-state index in [-0.39, 0.29) is 17.7 Å². The number of carbonyl (C=O) groups is 2. The Morgan fingerprint density at radius 1 is 1.43 bits per heavy atom. The topological polar surface area (TPSA) is 84.2 Å². The van der Waals surface area contributed by atoms with Crippen LogP contribution < -0.4 is 16.4 Å². The van der Waals surface area contributed by atoms with Gasteiger partial charge in [-0.25, -0.2) is 0 Å². The zero-order valence-electron chi connectivity index (χ0n) is 12.6. The summed E-state index contributed by atoms with van der Waals surface area (Å²) in [4.78, 5) is 24.0. The van der Waals surface area contributed by atoms with Gasteiger partial charge in [0.1, 0.15) is 0 Å². The molecule has 0 aliphatic carbocycles. The first kappa shape index (κ1) is 15.5. The quantitative estimate of drug-likeness (QED) is 0.766. The highest BCUT2D eigenvalue weighted by molar-refractivity contribution is 5.96. The Hall–Kier alpha value is -1.88. The summed E-state index contributed by atoms with van der Waals surface area (Å²) in [6, 6.07) is 7.78. The summed E-state index contributed by atoms with van der Waals surface area (Å²) in [5, 5.41) is 5.79. The highest BCUT2D eigenvalue weighted by Gasteiger charge is 2.27. The van der Waals surface area contributed by atoms with Gasteiger partial charge in [0.2, 0.25) is 11.8 Å². The predicted octanol–water partition coefficient (Wildman–Crippen LogP) is 1.43. The van der Waals surface area contributed by atoms with Crippen molar-refractivity contribution in [2.45, 2.75) is 38.6 Å². The molecule has 0 radical (unpaired) electrons. The summed E-state index contributed by atoms with van der Waals surface area (Å²) >= 11 is 0. The smallest absolute Gasteiger partial charge is 0.227 e. The van der Waals surface area contributed by atoms with E-state index in [1.165, 1.54) is 0 Å². The normalized spacial score (nSPS) is 17.9. The third-order valence-corrected chi connectivity index (χ3v) is 3.82. The van der Waals surface area contributed by atoms with Gasteiger partial charge in [0.15, 0.2) is 0 Å². The van der Waals surface area contributed by atoms with E-state index in [0.717, 1.165) is 11.3 Å². The van der Waals surface area contributed by atoms with Crippen LogP contribution in [0.1, 0.15) is 32.3 Å². The summed E-state index contributed by atoms with van der Waals surface area (Å²) in [5.41, 5.74) is 7.20. The van der Waals surface area contributed by atoms with Crippen molar-refractivity contribution in [3.05, 3.63) is 29.8 Å². The Balaban J connectivity index is 1.90. The maximum Gasteiger partial charge on any atom is 0.227 e. The standard InChI is InChI=1S/C16H23N3O2/c1-16(2,10-17)19-14(20)8-7-12-9-11-5-3-4-6-13(11)18-15(12)21/h3-6,12H,7-10,17H2,1-2H3,(H,18,21)(H,19,20). The van der Waals surface area contributed by atoms with Gasteiger partial charge in [-0.2, -0.15) is 0 Å². The highest BCUT2D eigenvalue weighted by Crippen LogP contribution is 2.27. The molecule has 1 atom stereocenters. The van der Waals surface area contributed by atoms with Gasteiger partial charge < -0.3 is 16.4 Å². The number of fused-ring (bicyclic) bond motifs is 1. The lowest BCUT2D eigenvalue weighted by Gasteiger charge is -2.26. The molecular weight excluding hydrogens is 266 g/mol. The molecule has 1 unspecified atom stereocenters. The van der Waals surface area contributed by atoms with E-state index >= 15 is 0 Å². The van der Waals surface area contributed by atoms with Crippen LogP contribution in [0.25, 0.3) is 0 Å². The number of nitrogens with two attached hydrogens (primary N) is 1. The molecule has 2 rings (SSSR count). The van der Waals surface area contributed by atoms with Gasteiger partial charge in [-0.3, -0.25) is 9.59 Å². The van der Waals surface area contributed by atoms with E-state index in [1.54, 1.807) is 0 Å². The number of para-hydroxylation sites is 1. The monoisotopic (exact) mass is 289 g/mol. The second kappa shape index (κ2) is 6.26. The molecule has 0 saturated heterocycles. The van der Waals surface area contributed by atoms with Gasteiger partial charge >= 0.3 is 0 Å². The molecule has 0 aromatic heterocycles. The largest absolute Gasteiger partial charge is 0.350 e. The van der Waals surface area contributed by atoms with Crippen molar-refractivity contribution in [2.75, 3.05) is 11.9 Å². The second-order valence-electron chi connectivity index (χ2n) is 6.22. The fourth-order valence-electron chi connectivity index (χ4n) is 2.44. The molecule has 4 N–H and O–H groups in total. The summed E-state index contributed by atoms with van der Waals surface area (Å²) in [6.07, 6.45) is 1.58. The van der Waals surface area contributed by atoms with Gasteiger partial charge in [-0.1, -0.05) is 18.2 Å². The minimum Gasteiger partial charge on any atom is -0.350 e. The second-order valence-corrected chi connectivity index (χ2v) is 6.22. The molecule has 0 fully saturated rings. The summed E-state index contributed by atoms with van der Waals surface area (Å²) < 4.78 is 0. The first-order valence-corrected chi connectivity index (χ1v) is 7.31. The minimum absolute atomic E-state index is 0.000384. The Kier molecular flexibility index (Phi) is 4.63. The van der Waals surface area contributed by atoms with Crippen LogP contribution in [0.4, 0.5) is 5.69 Å². The van der Waals surface area contributed by atoms with E-state index in [1.807, 2.05) is 38.1 Å². The van der Waals surface area contributed by atoms with Gasteiger partial charge in [-0.05, 0) is 38.3 Å². The zero-order chi connectivity index (χ0) is 15.5. The molecule has 1 heterocycles. The van der Waals surface area contributed by atoms with Crippen LogP contribution in [0, 0.1) is 5.92 Å². The average molecular weight is 289 g/mol. The van der Waals surface area contributed by atoms with Crippen LogP contribution in [0.3, 0.4) is 0 Å². The lowest BCUT2D eigenvalue weighted by molar-refractivity contribution is -0.123. The predicted molar refractivity (Wildman–Crippen MR) is 82.8 cm³/mol. The van der Waals surface area contributed by atoms with Crippen molar-refractivity contribution in [3.8, 4) is 0 Å². The Labute approximate surface area is 125 Å². The van der Waals surface area contributed by atoms with Gasteiger partial charge in [0.05, 0.1) is 0 Å². The van der Waals surface area contributed by atoms with Crippen LogP contribution in [0.5, 0.6) is 0 Å². The molecule has 1 aliphatic rings. The Morgan fingerprint density at radius 3 is 2.86 bits per heavy atom. The van der Waals surface area contributed by atoms with Gasteiger partial charge in [0.25, 0.3) is 0 Å². The molecular formula is C16H23N3O2. The number of rotatable bonds is 5. The van der Waals surface area contributed by atoms with E-state index in [9.17, 15) is 9.59 Å². The van der Waals surface area contributed by atoms with Crippen LogP contribution in [-0.4, -0.2) is 23.9 Å². The maximum absolute atomic E-state index is 12.0. The van der Waals surface area contributed by atoms with E-state index < -0.39 is 5.54 Å². The molecule has 21 heavy (non-hydrogen) atoms. The number of hydrogen-bond acceptors (Lipinski definition) is 3. The number of carbonyl (C=O) groups excluding carboxylic acids is 2. The molecule has 1 aliphatic heterocycles. The molecule has 2 amide bonds. The molecule has 1 aromatic rings. The first-order chi connectivity index (χ1) is 9.91. The third kappa shape index (κ3) is 4.04. The third-order valence-electron chi connectivity index (χ3n) is 3.82. The number of nitrogens with one attached hydrogen (secondary N) is 2. The van der Waals surface area contributed by atoms with Crippen molar-refractivity contribution in [3.63, 3.8) is 0 Å².